The Hall–Kier alpha value is -4.89. The molecule has 0 unspecified atom stereocenters. The second-order valence-corrected chi connectivity index (χ2v) is 15.8. The molecule has 1 N–H and O–H groups in total. The summed E-state index contributed by atoms with van der Waals surface area (Å²) in [5.41, 5.74) is 7.58. The Labute approximate surface area is 316 Å². The summed E-state index contributed by atoms with van der Waals surface area (Å²) < 4.78 is 16.7. The second-order valence-electron chi connectivity index (χ2n) is 14.7. The number of hydrogen-bond donors (Lipinski definition) is 1. The SMILES string of the molecule is CCCc1cc(OC(=O)C(C)(C)C)c(-c2c(C)cc(C)cc2C)c(=O)o1.Cc1ccc(SCCc2cc(O)c(-c3c(C)cc(C)cc3C)c(=O)o2)nc1. The van der Waals surface area contributed by atoms with Crippen molar-refractivity contribution in [2.45, 2.75) is 100 Å². The number of esters is 1. The van der Waals surface area contributed by atoms with Crippen LogP contribution in [0.3, 0.4) is 0 Å². The number of carbonyl (C=O) groups is 1. The Kier molecular flexibility index (Phi) is 13.3. The number of aromatic nitrogens is 1. The molecule has 0 aliphatic carbocycles. The van der Waals surface area contributed by atoms with Crippen LogP contribution < -0.4 is 16.0 Å². The maximum absolute atomic E-state index is 12.8. The minimum Gasteiger partial charge on any atom is -0.507 e. The van der Waals surface area contributed by atoms with Gasteiger partial charge in [0.1, 0.15) is 34.1 Å². The summed E-state index contributed by atoms with van der Waals surface area (Å²) >= 11 is 1.59. The lowest BCUT2D eigenvalue weighted by Gasteiger charge is -2.19. The average Bonchev–Trinajstić information content (AvgIpc) is 3.03. The van der Waals surface area contributed by atoms with Crippen LogP contribution >= 0.6 is 11.8 Å². The van der Waals surface area contributed by atoms with Gasteiger partial charge in [0.05, 0.1) is 10.4 Å². The molecule has 0 saturated carbocycles. The molecule has 280 valence electrons. The van der Waals surface area contributed by atoms with Crippen LogP contribution in [0.25, 0.3) is 22.3 Å². The van der Waals surface area contributed by atoms with E-state index in [4.69, 9.17) is 13.6 Å². The second kappa shape index (κ2) is 17.3. The summed E-state index contributed by atoms with van der Waals surface area (Å²) in [6, 6.07) is 15.2. The number of carbonyl (C=O) groups excluding carboxylic acids is 1. The molecule has 0 aliphatic rings. The Balaban J connectivity index is 0.000000237. The molecule has 3 heterocycles. The lowest BCUT2D eigenvalue weighted by atomic mass is 9.93. The highest BCUT2D eigenvalue weighted by atomic mass is 32.2. The first kappa shape index (κ1) is 40.9. The predicted octanol–water partition coefficient (Wildman–Crippen LogP) is 10.1. The van der Waals surface area contributed by atoms with Gasteiger partial charge in [-0.1, -0.05) is 48.4 Å². The number of aromatic hydroxyl groups is 1. The number of rotatable bonds is 9. The fraction of sp³-hybridized carbons (Fsp3) is 0.364. The molecular weight excluding hydrogens is 687 g/mol. The van der Waals surface area contributed by atoms with E-state index in [0.29, 0.717) is 35.7 Å². The number of thioether (sulfide) groups is 1. The Morgan fingerprint density at radius 3 is 1.70 bits per heavy atom. The predicted molar refractivity (Wildman–Crippen MR) is 213 cm³/mol. The largest absolute Gasteiger partial charge is 0.507 e. The number of nitrogens with zero attached hydrogens (tertiary/aromatic N) is 1. The van der Waals surface area contributed by atoms with Gasteiger partial charge in [-0.3, -0.25) is 4.79 Å². The number of ether oxygens (including phenoxy) is 1. The van der Waals surface area contributed by atoms with E-state index >= 15 is 0 Å². The van der Waals surface area contributed by atoms with E-state index in [-0.39, 0.29) is 23.0 Å². The summed E-state index contributed by atoms with van der Waals surface area (Å²) in [6.45, 7) is 21.2. The van der Waals surface area contributed by atoms with Crippen LogP contribution in [-0.4, -0.2) is 21.8 Å². The first-order valence-electron chi connectivity index (χ1n) is 17.9. The van der Waals surface area contributed by atoms with E-state index in [0.717, 1.165) is 61.5 Å². The fourth-order valence-electron chi connectivity index (χ4n) is 6.27. The van der Waals surface area contributed by atoms with Crippen molar-refractivity contribution in [3.63, 3.8) is 0 Å². The van der Waals surface area contributed by atoms with Crippen LogP contribution in [0, 0.1) is 53.9 Å². The van der Waals surface area contributed by atoms with Crippen molar-refractivity contribution in [1.29, 1.82) is 0 Å². The van der Waals surface area contributed by atoms with Gasteiger partial charge in [0, 0.05) is 36.9 Å². The third-order valence-electron chi connectivity index (χ3n) is 8.60. The molecule has 0 saturated heterocycles. The van der Waals surface area contributed by atoms with Gasteiger partial charge in [-0.25, -0.2) is 14.6 Å². The lowest BCUT2D eigenvalue weighted by Crippen LogP contribution is -2.26. The molecule has 0 atom stereocenters. The van der Waals surface area contributed by atoms with E-state index in [1.54, 1.807) is 44.7 Å². The normalized spacial score (nSPS) is 11.2. The van der Waals surface area contributed by atoms with Crippen LogP contribution in [0.4, 0.5) is 0 Å². The molecule has 0 radical (unpaired) electrons. The Bertz CT molecular complexity index is 2180. The quantitative estimate of drug-likeness (QED) is 0.116. The Morgan fingerprint density at radius 1 is 0.717 bits per heavy atom. The minimum absolute atomic E-state index is 0.0326. The topological polar surface area (TPSA) is 120 Å². The highest BCUT2D eigenvalue weighted by Gasteiger charge is 2.27. The van der Waals surface area contributed by atoms with Crippen LogP contribution in [0.15, 0.2) is 78.2 Å². The summed E-state index contributed by atoms with van der Waals surface area (Å²) in [5.74, 6) is 1.58. The standard InChI is InChI=1S/C22H23NO3S.C22H28O4/c1-13-5-6-19(23-12-13)27-8-7-17-11-18(24)21(22(25)26-17)20-15(3)9-14(2)10-16(20)4;1-8-9-16-12-17(26-21(24)22(5,6)7)19(20(23)25-16)18-14(3)10-13(2)11-15(18)4/h5-6,9-12,24H,7-8H2,1-4H3;10-12H,8-9H2,1-7H3. The molecule has 0 amide bonds. The summed E-state index contributed by atoms with van der Waals surface area (Å²) in [4.78, 5) is 42.2. The van der Waals surface area contributed by atoms with Gasteiger partial charge < -0.3 is 18.7 Å². The van der Waals surface area contributed by atoms with Crippen molar-refractivity contribution in [3.05, 3.63) is 126 Å². The molecule has 2 aromatic carbocycles. The highest BCUT2D eigenvalue weighted by molar-refractivity contribution is 7.99. The minimum atomic E-state index is -0.671. The Morgan fingerprint density at radius 2 is 1.23 bits per heavy atom. The van der Waals surface area contributed by atoms with E-state index in [1.165, 1.54) is 0 Å². The molecule has 0 fully saturated rings. The molecule has 9 heteroatoms. The van der Waals surface area contributed by atoms with Gasteiger partial charge >= 0.3 is 17.2 Å². The molecule has 0 spiro atoms. The third kappa shape index (κ3) is 10.4. The summed E-state index contributed by atoms with van der Waals surface area (Å²) in [6.07, 6.45) is 3.81. The van der Waals surface area contributed by atoms with Gasteiger partial charge in [0.25, 0.3) is 0 Å². The highest BCUT2D eigenvalue weighted by Crippen LogP contribution is 2.35. The number of hydrogen-bond acceptors (Lipinski definition) is 9. The monoisotopic (exact) mass is 737 g/mol. The lowest BCUT2D eigenvalue weighted by molar-refractivity contribution is -0.142. The molecule has 3 aromatic heterocycles. The average molecular weight is 738 g/mol. The zero-order chi connectivity index (χ0) is 39.2. The van der Waals surface area contributed by atoms with Crippen LogP contribution in [0.5, 0.6) is 11.5 Å². The van der Waals surface area contributed by atoms with Crippen LogP contribution in [-0.2, 0) is 17.6 Å². The van der Waals surface area contributed by atoms with E-state index in [2.05, 4.69) is 4.98 Å². The number of aryl methyl sites for hydroxylation is 9. The van der Waals surface area contributed by atoms with Gasteiger partial charge in [0.2, 0.25) is 0 Å². The molecule has 53 heavy (non-hydrogen) atoms. The van der Waals surface area contributed by atoms with E-state index in [1.807, 2.05) is 98.0 Å². The molecule has 0 aliphatic heterocycles. The first-order valence-corrected chi connectivity index (χ1v) is 18.8. The van der Waals surface area contributed by atoms with Crippen molar-refractivity contribution in [2.75, 3.05) is 5.75 Å². The first-order chi connectivity index (χ1) is 24.9. The smallest absolute Gasteiger partial charge is 0.347 e. The molecule has 5 aromatic rings. The molecule has 5 rings (SSSR count). The summed E-state index contributed by atoms with van der Waals surface area (Å²) in [5, 5.41) is 11.4. The maximum atomic E-state index is 12.8. The van der Waals surface area contributed by atoms with Crippen molar-refractivity contribution in [2.24, 2.45) is 5.41 Å². The van der Waals surface area contributed by atoms with Crippen molar-refractivity contribution in [3.8, 4) is 33.8 Å². The third-order valence-corrected chi connectivity index (χ3v) is 9.54. The molecular formula is C44H51NO7S. The zero-order valence-corrected chi connectivity index (χ0v) is 33.6. The molecule has 0 bridgehead atoms. The van der Waals surface area contributed by atoms with E-state index in [9.17, 15) is 19.5 Å². The fourth-order valence-corrected chi connectivity index (χ4v) is 7.08. The van der Waals surface area contributed by atoms with Gasteiger partial charge in [-0.2, -0.15) is 0 Å². The van der Waals surface area contributed by atoms with Crippen LogP contribution in [0.2, 0.25) is 0 Å². The van der Waals surface area contributed by atoms with Crippen LogP contribution in [0.1, 0.15) is 84.6 Å². The van der Waals surface area contributed by atoms with Gasteiger partial charge in [0.15, 0.2) is 0 Å². The number of benzene rings is 2. The van der Waals surface area contributed by atoms with Crippen molar-refractivity contribution >= 4 is 17.7 Å². The zero-order valence-electron chi connectivity index (χ0n) is 32.8. The van der Waals surface area contributed by atoms with Gasteiger partial charge in [-0.05, 0) is 121 Å². The molecule has 8 nitrogen and oxygen atoms in total. The van der Waals surface area contributed by atoms with Crippen molar-refractivity contribution < 1.29 is 23.5 Å². The van der Waals surface area contributed by atoms with Gasteiger partial charge in [-0.15, -0.1) is 11.8 Å². The summed E-state index contributed by atoms with van der Waals surface area (Å²) in [7, 11) is 0. The van der Waals surface area contributed by atoms with E-state index < -0.39 is 16.7 Å². The maximum Gasteiger partial charge on any atom is 0.347 e. The number of pyridine rings is 1. The van der Waals surface area contributed by atoms with Crippen molar-refractivity contribution in [1.82, 2.24) is 4.98 Å².